The fourth-order valence-corrected chi connectivity index (χ4v) is 5.94. The summed E-state index contributed by atoms with van der Waals surface area (Å²) in [5.74, 6) is 0.728. The highest BCUT2D eigenvalue weighted by atomic mass is 35.5. The first-order valence-electron chi connectivity index (χ1n) is 9.81. The summed E-state index contributed by atoms with van der Waals surface area (Å²) in [7, 11) is 1.59. The maximum absolute atomic E-state index is 12.8. The zero-order valence-electron chi connectivity index (χ0n) is 17.7. The van der Waals surface area contributed by atoms with Gasteiger partial charge in [-0.05, 0) is 41.5 Å². The molecule has 12 heteroatoms. The highest BCUT2D eigenvalue weighted by molar-refractivity contribution is 8.26. The van der Waals surface area contributed by atoms with Gasteiger partial charge in [-0.15, -0.1) is 10.2 Å². The number of rotatable bonds is 8. The molecule has 0 saturated carbocycles. The van der Waals surface area contributed by atoms with Gasteiger partial charge < -0.3 is 4.74 Å². The Bertz CT molecular complexity index is 1250. The van der Waals surface area contributed by atoms with Crippen molar-refractivity contribution in [3.05, 3.63) is 69.6 Å². The molecule has 0 aliphatic carbocycles. The Morgan fingerprint density at radius 3 is 2.65 bits per heavy atom. The fraction of sp³-hybridized carbons (Fsp3) is 0.136. The summed E-state index contributed by atoms with van der Waals surface area (Å²) in [6, 6.07) is 14.9. The first-order valence-corrected chi connectivity index (χ1v) is 13.2. The molecule has 2 aromatic carbocycles. The van der Waals surface area contributed by atoms with Crippen LogP contribution in [0.4, 0.5) is 5.13 Å². The minimum atomic E-state index is -0.396. The second kappa shape index (κ2) is 11.3. The van der Waals surface area contributed by atoms with Crippen LogP contribution in [0.5, 0.6) is 5.75 Å². The number of benzene rings is 2. The molecule has 1 aromatic heterocycles. The first-order chi connectivity index (χ1) is 16.4. The van der Waals surface area contributed by atoms with Gasteiger partial charge in [-0.25, -0.2) is 0 Å². The number of aromatic nitrogens is 2. The standard InChI is InChI=1S/C22H17ClN4O3S4/c1-30-16-8-4-13(5-9-16)10-17-19(29)27(22(31)33-17)11-18(28)24-20-25-26-21(34-20)32-12-14-2-6-15(23)7-3-14/h2-10H,11-12H2,1H3,(H,24,25,28)/b17-10-. The van der Waals surface area contributed by atoms with E-state index in [2.05, 4.69) is 15.5 Å². The molecule has 0 unspecified atom stereocenters. The van der Waals surface area contributed by atoms with Crippen molar-refractivity contribution in [2.24, 2.45) is 0 Å². The van der Waals surface area contributed by atoms with Crippen LogP contribution >= 0.6 is 58.7 Å². The monoisotopic (exact) mass is 548 g/mol. The number of ether oxygens (including phenoxy) is 1. The molecule has 3 aromatic rings. The topological polar surface area (TPSA) is 84.4 Å². The zero-order chi connectivity index (χ0) is 24.1. The van der Waals surface area contributed by atoms with Crippen molar-refractivity contribution in [2.45, 2.75) is 10.1 Å². The molecule has 0 bridgehead atoms. The smallest absolute Gasteiger partial charge is 0.266 e. The molecule has 1 aliphatic heterocycles. The van der Waals surface area contributed by atoms with Gasteiger partial charge >= 0.3 is 0 Å². The van der Waals surface area contributed by atoms with E-state index >= 15 is 0 Å². The van der Waals surface area contributed by atoms with Gasteiger partial charge in [-0.2, -0.15) is 0 Å². The van der Waals surface area contributed by atoms with Crippen molar-refractivity contribution in [2.75, 3.05) is 19.0 Å². The van der Waals surface area contributed by atoms with Gasteiger partial charge in [0.25, 0.3) is 5.91 Å². The Morgan fingerprint density at radius 1 is 1.21 bits per heavy atom. The predicted molar refractivity (Wildman–Crippen MR) is 142 cm³/mol. The zero-order valence-corrected chi connectivity index (χ0v) is 21.7. The minimum Gasteiger partial charge on any atom is -0.497 e. The van der Waals surface area contributed by atoms with E-state index < -0.39 is 5.91 Å². The Hall–Kier alpha value is -2.44. The number of nitrogens with one attached hydrogen (secondary N) is 1. The molecule has 7 nitrogen and oxygen atoms in total. The van der Waals surface area contributed by atoms with Gasteiger partial charge in [0.1, 0.15) is 16.6 Å². The number of anilines is 1. The molecular weight excluding hydrogens is 532 g/mol. The Balaban J connectivity index is 1.32. The summed E-state index contributed by atoms with van der Waals surface area (Å²) in [4.78, 5) is 27.0. The second-order valence-corrected chi connectivity index (χ2v) is 11.2. The summed E-state index contributed by atoms with van der Waals surface area (Å²) >= 11 is 15.2. The van der Waals surface area contributed by atoms with Gasteiger partial charge in [0.15, 0.2) is 4.34 Å². The molecule has 0 spiro atoms. The Kier molecular flexibility index (Phi) is 8.22. The second-order valence-electron chi connectivity index (χ2n) is 6.88. The summed E-state index contributed by atoms with van der Waals surface area (Å²) in [5, 5.41) is 11.9. The molecule has 2 heterocycles. The average molecular weight is 549 g/mol. The van der Waals surface area contributed by atoms with Crippen LogP contribution in [-0.2, 0) is 15.3 Å². The normalized spacial score (nSPS) is 14.6. The van der Waals surface area contributed by atoms with Crippen molar-refractivity contribution in [3.63, 3.8) is 0 Å². The average Bonchev–Trinajstić information content (AvgIpc) is 3.38. The van der Waals surface area contributed by atoms with Crippen LogP contribution in [0.25, 0.3) is 6.08 Å². The van der Waals surface area contributed by atoms with Crippen molar-refractivity contribution in [1.82, 2.24) is 15.1 Å². The lowest BCUT2D eigenvalue weighted by atomic mass is 10.2. The van der Waals surface area contributed by atoms with Crippen molar-refractivity contribution >= 4 is 86.0 Å². The van der Waals surface area contributed by atoms with E-state index in [4.69, 9.17) is 28.6 Å². The Labute approximate surface area is 218 Å². The number of carbonyl (C=O) groups excluding carboxylic acids is 2. The number of methoxy groups -OCH3 is 1. The fourth-order valence-electron chi connectivity index (χ4n) is 2.83. The maximum atomic E-state index is 12.8. The molecule has 2 amide bonds. The minimum absolute atomic E-state index is 0.197. The number of thiocarbonyl (C=S) groups is 1. The van der Waals surface area contributed by atoms with Crippen LogP contribution in [0, 0.1) is 0 Å². The molecule has 1 saturated heterocycles. The number of nitrogens with zero attached hydrogens (tertiary/aromatic N) is 3. The summed E-state index contributed by atoms with van der Waals surface area (Å²) in [6.45, 7) is -0.197. The molecule has 174 valence electrons. The molecule has 1 fully saturated rings. The number of halogens is 1. The third kappa shape index (κ3) is 6.36. The van der Waals surface area contributed by atoms with E-state index in [-0.39, 0.29) is 12.5 Å². The van der Waals surface area contributed by atoms with Gasteiger partial charge in [0, 0.05) is 10.8 Å². The van der Waals surface area contributed by atoms with Crippen LogP contribution in [-0.4, -0.2) is 44.9 Å². The third-order valence-corrected chi connectivity index (χ3v) is 8.19. The molecular formula is C22H17ClN4O3S4. The summed E-state index contributed by atoms with van der Waals surface area (Å²) in [6.07, 6.45) is 1.74. The molecule has 34 heavy (non-hydrogen) atoms. The quantitative estimate of drug-likeness (QED) is 0.175. The summed E-state index contributed by atoms with van der Waals surface area (Å²) in [5.41, 5.74) is 1.94. The van der Waals surface area contributed by atoms with E-state index in [1.807, 2.05) is 48.5 Å². The number of amides is 2. The molecule has 1 aliphatic rings. The summed E-state index contributed by atoms with van der Waals surface area (Å²) < 4.78 is 6.20. The van der Waals surface area contributed by atoms with E-state index in [0.717, 1.165) is 21.2 Å². The maximum Gasteiger partial charge on any atom is 0.266 e. The lowest BCUT2D eigenvalue weighted by Crippen LogP contribution is -2.36. The van der Waals surface area contributed by atoms with E-state index in [1.54, 1.807) is 13.2 Å². The Morgan fingerprint density at radius 2 is 1.94 bits per heavy atom. The van der Waals surface area contributed by atoms with E-state index in [9.17, 15) is 9.59 Å². The molecule has 0 radical (unpaired) electrons. The third-order valence-electron chi connectivity index (χ3n) is 4.52. The van der Waals surface area contributed by atoms with Crippen molar-refractivity contribution in [3.8, 4) is 5.75 Å². The first kappa shape index (κ1) is 24.7. The highest BCUT2D eigenvalue weighted by Crippen LogP contribution is 2.33. The number of thioether (sulfide) groups is 2. The van der Waals surface area contributed by atoms with Gasteiger partial charge in [0.2, 0.25) is 11.0 Å². The van der Waals surface area contributed by atoms with Crippen molar-refractivity contribution in [1.29, 1.82) is 0 Å². The largest absolute Gasteiger partial charge is 0.497 e. The number of hydrogen-bond donors (Lipinski definition) is 1. The van der Waals surface area contributed by atoms with Crippen molar-refractivity contribution < 1.29 is 14.3 Å². The van der Waals surface area contributed by atoms with E-state index in [0.29, 0.717) is 25.1 Å². The van der Waals surface area contributed by atoms with Crippen LogP contribution in [0.1, 0.15) is 11.1 Å². The van der Waals surface area contributed by atoms with E-state index in [1.165, 1.54) is 39.8 Å². The van der Waals surface area contributed by atoms with Crippen LogP contribution in [0.2, 0.25) is 5.02 Å². The van der Waals surface area contributed by atoms with Gasteiger partial charge in [-0.3, -0.25) is 19.8 Å². The van der Waals surface area contributed by atoms with Gasteiger partial charge in [0.05, 0.1) is 12.0 Å². The number of carbonyl (C=O) groups is 2. The highest BCUT2D eigenvalue weighted by Gasteiger charge is 2.33. The molecule has 0 atom stereocenters. The SMILES string of the molecule is COc1ccc(/C=C2\SC(=S)N(CC(=O)Nc3nnc(SCc4ccc(Cl)cc4)s3)C2=O)cc1. The van der Waals surface area contributed by atoms with Crippen LogP contribution in [0.3, 0.4) is 0 Å². The molecule has 4 rings (SSSR count). The van der Waals surface area contributed by atoms with Gasteiger partial charge in [-0.1, -0.05) is 82.9 Å². The predicted octanol–water partition coefficient (Wildman–Crippen LogP) is 5.33. The number of hydrogen-bond acceptors (Lipinski definition) is 9. The van der Waals surface area contributed by atoms with Crippen LogP contribution in [0.15, 0.2) is 57.8 Å². The molecule has 1 N–H and O–H groups in total. The van der Waals surface area contributed by atoms with Crippen LogP contribution < -0.4 is 10.1 Å². The lowest BCUT2D eigenvalue weighted by Gasteiger charge is -2.13. The lowest BCUT2D eigenvalue weighted by molar-refractivity contribution is -0.126.